The van der Waals surface area contributed by atoms with Gasteiger partial charge in [-0.3, -0.25) is 4.79 Å². The molecule has 1 aliphatic rings. The van der Waals surface area contributed by atoms with Crippen LogP contribution in [0.25, 0.3) is 0 Å². The van der Waals surface area contributed by atoms with Gasteiger partial charge >= 0.3 is 6.09 Å². The molecule has 1 amide bonds. The van der Waals surface area contributed by atoms with Crippen molar-refractivity contribution in [2.24, 2.45) is 5.92 Å². The predicted molar refractivity (Wildman–Crippen MR) is 140 cm³/mol. The number of hydrogen-bond acceptors (Lipinski definition) is 5. The Bertz CT molecular complexity index is 829. The first-order valence-electron chi connectivity index (χ1n) is 12.6. The summed E-state index contributed by atoms with van der Waals surface area (Å²) >= 11 is 0. The number of ketones is 1. The summed E-state index contributed by atoms with van der Waals surface area (Å²) in [7, 11) is -0.600. The van der Waals surface area contributed by atoms with E-state index in [-0.39, 0.29) is 17.8 Å². The van der Waals surface area contributed by atoms with Crippen molar-refractivity contribution in [2.45, 2.75) is 97.4 Å². The molecule has 0 atom stereocenters. The lowest BCUT2D eigenvalue weighted by atomic mass is 9.88. The quantitative estimate of drug-likeness (QED) is 0.287. The Kier molecular flexibility index (Phi) is 9.25. The molecule has 0 bridgehead atoms. The van der Waals surface area contributed by atoms with Crippen LogP contribution < -0.4 is 9.16 Å². The maximum absolute atomic E-state index is 13.5. The van der Waals surface area contributed by atoms with Gasteiger partial charge in [0.15, 0.2) is 11.5 Å². The van der Waals surface area contributed by atoms with Crippen LogP contribution in [-0.4, -0.2) is 50.9 Å². The van der Waals surface area contributed by atoms with Gasteiger partial charge < -0.3 is 18.8 Å². The molecule has 1 heterocycles. The zero-order valence-corrected chi connectivity index (χ0v) is 23.9. The zero-order valence-electron chi connectivity index (χ0n) is 22.9. The van der Waals surface area contributed by atoms with Crippen LogP contribution in [0, 0.1) is 5.92 Å². The van der Waals surface area contributed by atoms with Crippen molar-refractivity contribution in [3.63, 3.8) is 0 Å². The summed E-state index contributed by atoms with van der Waals surface area (Å²) < 4.78 is 18.1. The van der Waals surface area contributed by atoms with E-state index in [9.17, 15) is 9.59 Å². The van der Waals surface area contributed by atoms with Crippen molar-refractivity contribution in [3.05, 3.63) is 23.8 Å². The molecule has 1 aliphatic heterocycles. The highest BCUT2D eigenvalue weighted by Crippen LogP contribution is 2.45. The van der Waals surface area contributed by atoms with Crippen LogP contribution in [0.1, 0.15) is 85.5 Å². The lowest BCUT2D eigenvalue weighted by Crippen LogP contribution is -2.50. The highest BCUT2D eigenvalue weighted by Gasteiger charge is 2.47. The molecule has 1 aromatic carbocycles. The van der Waals surface area contributed by atoms with Gasteiger partial charge in [-0.2, -0.15) is 0 Å². The minimum absolute atomic E-state index is 0.0528. The van der Waals surface area contributed by atoms with E-state index in [0.717, 1.165) is 0 Å². The SMILES string of the molecule is COc1c(O[Si](C(C)C)(C(C)C)C(C)C)cccc1C(=O)C1CCN(C(=O)OC(C)(C)C)CC1. The molecule has 0 aliphatic carbocycles. The molecule has 1 saturated heterocycles. The van der Waals surface area contributed by atoms with Crippen molar-refractivity contribution in [1.82, 2.24) is 4.90 Å². The number of rotatable bonds is 8. The molecule has 0 radical (unpaired) electrons. The number of ether oxygens (including phenoxy) is 2. The van der Waals surface area contributed by atoms with Gasteiger partial charge in [0.1, 0.15) is 11.4 Å². The molecule has 1 aromatic rings. The maximum atomic E-state index is 13.5. The Morgan fingerprint density at radius 2 is 1.50 bits per heavy atom. The third-order valence-electron chi connectivity index (χ3n) is 6.96. The van der Waals surface area contributed by atoms with Crippen LogP contribution in [0.3, 0.4) is 0 Å². The van der Waals surface area contributed by atoms with E-state index >= 15 is 0 Å². The Morgan fingerprint density at radius 3 is 1.94 bits per heavy atom. The summed E-state index contributed by atoms with van der Waals surface area (Å²) in [6.07, 6.45) is 0.896. The molecular weight excluding hydrogens is 446 g/mol. The third kappa shape index (κ3) is 6.15. The second kappa shape index (κ2) is 11.1. The molecule has 6 nitrogen and oxygen atoms in total. The molecule has 1 fully saturated rings. The number of para-hydroxylation sites is 1. The molecule has 0 saturated carbocycles. The number of methoxy groups -OCH3 is 1. The highest BCUT2D eigenvalue weighted by atomic mass is 28.4. The normalized spacial score (nSPS) is 15.7. The lowest BCUT2D eigenvalue weighted by Gasteiger charge is -2.42. The van der Waals surface area contributed by atoms with Crippen LogP contribution in [0.2, 0.25) is 16.6 Å². The second-order valence-corrected chi connectivity index (χ2v) is 16.7. The van der Waals surface area contributed by atoms with E-state index in [1.165, 1.54) is 0 Å². The summed E-state index contributed by atoms with van der Waals surface area (Å²) in [4.78, 5) is 27.6. The smallest absolute Gasteiger partial charge is 0.410 e. The highest BCUT2D eigenvalue weighted by molar-refractivity contribution is 6.78. The first-order valence-corrected chi connectivity index (χ1v) is 14.8. The van der Waals surface area contributed by atoms with Gasteiger partial charge in [0.05, 0.1) is 12.7 Å². The minimum atomic E-state index is -2.20. The van der Waals surface area contributed by atoms with Gasteiger partial charge in [-0.25, -0.2) is 4.79 Å². The first-order chi connectivity index (χ1) is 15.7. The molecule has 192 valence electrons. The first kappa shape index (κ1) is 28.2. The number of piperidine rings is 1. The van der Waals surface area contributed by atoms with Crippen molar-refractivity contribution >= 4 is 20.2 Å². The lowest BCUT2D eigenvalue weighted by molar-refractivity contribution is 0.0182. The fourth-order valence-corrected chi connectivity index (χ4v) is 10.7. The number of benzene rings is 1. The van der Waals surface area contributed by atoms with Crippen molar-refractivity contribution < 1.29 is 23.5 Å². The van der Waals surface area contributed by atoms with Gasteiger partial charge in [-0.15, -0.1) is 0 Å². The number of amides is 1. The summed E-state index contributed by atoms with van der Waals surface area (Å²) in [5.41, 5.74) is 1.27. The average molecular weight is 492 g/mol. The third-order valence-corrected chi connectivity index (χ3v) is 12.9. The van der Waals surface area contributed by atoms with E-state index in [2.05, 4.69) is 41.5 Å². The second-order valence-electron chi connectivity index (χ2n) is 11.4. The largest absolute Gasteiger partial charge is 0.540 e. The van der Waals surface area contributed by atoms with Gasteiger partial charge in [0.25, 0.3) is 8.32 Å². The number of carbonyl (C=O) groups is 2. The van der Waals surface area contributed by atoms with Crippen LogP contribution in [0.15, 0.2) is 18.2 Å². The van der Waals surface area contributed by atoms with E-state index in [4.69, 9.17) is 13.9 Å². The number of likely N-dealkylation sites (tertiary alicyclic amines) is 1. The van der Waals surface area contributed by atoms with Crippen LogP contribution in [0.4, 0.5) is 4.79 Å². The van der Waals surface area contributed by atoms with Crippen molar-refractivity contribution in [2.75, 3.05) is 20.2 Å². The van der Waals surface area contributed by atoms with Crippen LogP contribution in [-0.2, 0) is 4.74 Å². The molecule has 2 rings (SSSR count). The summed E-state index contributed by atoms with van der Waals surface area (Å²) in [5, 5.41) is 0. The molecule has 0 aromatic heterocycles. The Hall–Kier alpha value is -2.02. The number of carbonyl (C=O) groups excluding carboxylic acids is 2. The molecular formula is C27H45NO5Si. The molecule has 7 heteroatoms. The molecule has 0 unspecified atom stereocenters. The molecule has 34 heavy (non-hydrogen) atoms. The average Bonchev–Trinajstić information content (AvgIpc) is 2.74. The number of Topliss-reactive ketones (excluding diaryl/α,β-unsaturated/α-hetero) is 1. The molecule has 0 spiro atoms. The van der Waals surface area contributed by atoms with Gasteiger partial charge in [0, 0.05) is 19.0 Å². The van der Waals surface area contributed by atoms with E-state index in [0.29, 0.717) is 59.6 Å². The minimum Gasteiger partial charge on any atom is -0.540 e. The Morgan fingerprint density at radius 1 is 0.971 bits per heavy atom. The van der Waals surface area contributed by atoms with Crippen molar-refractivity contribution in [1.29, 1.82) is 0 Å². The fourth-order valence-electron chi connectivity index (χ4n) is 5.42. The van der Waals surface area contributed by atoms with Crippen molar-refractivity contribution in [3.8, 4) is 11.5 Å². The van der Waals surface area contributed by atoms with E-state index in [1.807, 2.05) is 39.0 Å². The fraction of sp³-hybridized carbons (Fsp3) is 0.704. The summed E-state index contributed by atoms with van der Waals surface area (Å²) in [6.45, 7) is 20.0. The topological polar surface area (TPSA) is 65.1 Å². The standard InChI is InChI=1S/C27H45NO5Si/c1-18(2)34(19(3)4,20(5)6)33-23-13-11-12-22(25(23)31-10)24(29)21-14-16-28(17-15-21)26(30)32-27(7,8)9/h11-13,18-21H,14-17H2,1-10H3. The van der Waals surface area contributed by atoms with E-state index < -0.39 is 13.9 Å². The van der Waals surface area contributed by atoms with Crippen LogP contribution >= 0.6 is 0 Å². The molecule has 0 N–H and O–H groups in total. The van der Waals surface area contributed by atoms with Gasteiger partial charge in [-0.05, 0) is 62.4 Å². The van der Waals surface area contributed by atoms with E-state index in [1.54, 1.807) is 12.0 Å². The zero-order chi connectivity index (χ0) is 25.8. The van der Waals surface area contributed by atoms with Crippen LogP contribution in [0.5, 0.6) is 11.5 Å². The maximum Gasteiger partial charge on any atom is 0.410 e. The monoisotopic (exact) mass is 491 g/mol. The van der Waals surface area contributed by atoms with Gasteiger partial charge in [0.2, 0.25) is 0 Å². The van der Waals surface area contributed by atoms with Gasteiger partial charge in [-0.1, -0.05) is 47.6 Å². The summed E-state index contributed by atoms with van der Waals surface area (Å²) in [6, 6.07) is 5.65. The predicted octanol–water partition coefficient (Wildman–Crippen LogP) is 7.08. The number of nitrogens with zero attached hydrogens (tertiary/aromatic N) is 1. The summed E-state index contributed by atoms with van der Waals surface area (Å²) in [5.74, 6) is 1.09. The Labute approximate surface area is 207 Å². The number of hydrogen-bond donors (Lipinski definition) is 0. The Balaban J connectivity index is 2.25.